The van der Waals surface area contributed by atoms with E-state index in [9.17, 15) is 0 Å². The van der Waals surface area contributed by atoms with Gasteiger partial charge < -0.3 is 4.90 Å². The van der Waals surface area contributed by atoms with Crippen molar-refractivity contribution in [3.63, 3.8) is 0 Å². The molecule has 8 aromatic rings. The topological polar surface area (TPSA) is 3.24 Å². The maximum atomic E-state index is 2.44. The zero-order valence-corrected chi connectivity index (χ0v) is 32.4. The summed E-state index contributed by atoms with van der Waals surface area (Å²) in [7, 11) is 0. The van der Waals surface area contributed by atoms with Crippen LogP contribution in [0.3, 0.4) is 0 Å². The van der Waals surface area contributed by atoms with Crippen LogP contribution in [0.5, 0.6) is 0 Å². The zero-order valence-electron chi connectivity index (χ0n) is 32.4. The summed E-state index contributed by atoms with van der Waals surface area (Å²) >= 11 is 0. The fraction of sp³-hybridized carbons (Fsp3) is 0.164. The molecule has 1 fully saturated rings. The summed E-state index contributed by atoms with van der Waals surface area (Å²) in [6.45, 7) is 4.73. The van der Waals surface area contributed by atoms with Crippen LogP contribution in [0.25, 0.3) is 55.3 Å². The van der Waals surface area contributed by atoms with E-state index >= 15 is 0 Å². The first-order valence-electron chi connectivity index (χ1n) is 20.5. The van der Waals surface area contributed by atoms with E-state index in [1.54, 1.807) is 0 Å². The summed E-state index contributed by atoms with van der Waals surface area (Å²) in [5.74, 6) is 0.690. The Balaban J connectivity index is 1.06. The first kappa shape index (κ1) is 34.3. The molecular formula is C55H47N. The van der Waals surface area contributed by atoms with Crippen molar-refractivity contribution in [2.45, 2.75) is 57.3 Å². The van der Waals surface area contributed by atoms with Gasteiger partial charge in [0.1, 0.15) is 0 Å². The van der Waals surface area contributed by atoms with Crippen LogP contribution in [-0.2, 0) is 5.41 Å². The van der Waals surface area contributed by atoms with Crippen LogP contribution in [0.1, 0.15) is 68.6 Å². The van der Waals surface area contributed by atoms with Crippen molar-refractivity contribution in [1.82, 2.24) is 0 Å². The molecule has 56 heavy (non-hydrogen) atoms. The van der Waals surface area contributed by atoms with E-state index in [0.29, 0.717) is 5.92 Å². The number of fused-ring (bicyclic) bond motifs is 4. The molecule has 1 nitrogen and oxygen atoms in total. The molecule has 8 aromatic carbocycles. The number of benzene rings is 8. The first-order chi connectivity index (χ1) is 27.5. The second-order valence-corrected chi connectivity index (χ2v) is 16.4. The average Bonchev–Trinajstić information content (AvgIpc) is 3.50. The number of anilines is 3. The van der Waals surface area contributed by atoms with E-state index in [-0.39, 0.29) is 5.41 Å². The van der Waals surface area contributed by atoms with Crippen molar-refractivity contribution >= 4 is 27.8 Å². The summed E-state index contributed by atoms with van der Waals surface area (Å²) in [4.78, 5) is 2.43. The molecule has 2 aliphatic rings. The molecular weight excluding hydrogens is 675 g/mol. The molecule has 0 spiro atoms. The van der Waals surface area contributed by atoms with Gasteiger partial charge in [-0.05, 0) is 127 Å². The van der Waals surface area contributed by atoms with Gasteiger partial charge in [-0.1, -0.05) is 179 Å². The summed E-state index contributed by atoms with van der Waals surface area (Å²) in [5.41, 5.74) is 17.8. The maximum absolute atomic E-state index is 2.44. The van der Waals surface area contributed by atoms with Gasteiger partial charge in [-0.2, -0.15) is 0 Å². The minimum atomic E-state index is -0.0878. The monoisotopic (exact) mass is 721 g/mol. The molecule has 0 unspecified atom stereocenters. The summed E-state index contributed by atoms with van der Waals surface area (Å²) in [5, 5.41) is 2.54. The maximum Gasteiger partial charge on any atom is 0.0465 e. The van der Waals surface area contributed by atoms with Crippen LogP contribution in [0.2, 0.25) is 0 Å². The van der Waals surface area contributed by atoms with Gasteiger partial charge in [0.25, 0.3) is 0 Å². The number of rotatable bonds is 7. The van der Waals surface area contributed by atoms with Crippen molar-refractivity contribution in [2.75, 3.05) is 4.90 Å². The van der Waals surface area contributed by atoms with Crippen LogP contribution < -0.4 is 4.90 Å². The Kier molecular flexibility index (Phi) is 8.67. The Morgan fingerprint density at radius 1 is 0.411 bits per heavy atom. The molecule has 0 aromatic heterocycles. The van der Waals surface area contributed by atoms with Gasteiger partial charge in [-0.3, -0.25) is 0 Å². The predicted molar refractivity (Wildman–Crippen MR) is 238 cm³/mol. The van der Waals surface area contributed by atoms with E-state index in [1.807, 2.05) is 0 Å². The standard InChI is InChI=1S/C55H47N/c1-55(2)52-25-10-9-22-50(52)51-35-34-47(37-53(51)55)56(45-30-26-39(27-31-45)44-21-11-20-43(36-44)38-14-5-3-6-15-38)46-32-28-41(29-33-46)49-24-13-19-42-18-12-23-48(54(42)49)40-16-7-4-8-17-40/h4,7-13,16-38H,3,5-6,14-15H2,1-2H3. The minimum Gasteiger partial charge on any atom is -0.310 e. The molecule has 0 saturated heterocycles. The highest BCUT2D eigenvalue weighted by Crippen LogP contribution is 2.51. The molecule has 1 saturated carbocycles. The third-order valence-corrected chi connectivity index (χ3v) is 12.7. The van der Waals surface area contributed by atoms with Gasteiger partial charge in [-0.15, -0.1) is 0 Å². The lowest BCUT2D eigenvalue weighted by Gasteiger charge is -2.28. The Morgan fingerprint density at radius 3 is 1.68 bits per heavy atom. The smallest absolute Gasteiger partial charge is 0.0465 e. The molecule has 10 rings (SSSR count). The van der Waals surface area contributed by atoms with Gasteiger partial charge in [0, 0.05) is 22.5 Å². The normalized spacial score (nSPS) is 14.7. The van der Waals surface area contributed by atoms with E-state index in [2.05, 4.69) is 201 Å². The van der Waals surface area contributed by atoms with E-state index in [1.165, 1.54) is 110 Å². The van der Waals surface area contributed by atoms with Crippen LogP contribution >= 0.6 is 0 Å². The van der Waals surface area contributed by atoms with Gasteiger partial charge >= 0.3 is 0 Å². The van der Waals surface area contributed by atoms with Crippen LogP contribution in [-0.4, -0.2) is 0 Å². The second-order valence-electron chi connectivity index (χ2n) is 16.4. The lowest BCUT2D eigenvalue weighted by molar-refractivity contribution is 0.444. The van der Waals surface area contributed by atoms with Crippen molar-refractivity contribution in [3.05, 3.63) is 199 Å². The Morgan fingerprint density at radius 2 is 0.964 bits per heavy atom. The molecule has 0 atom stereocenters. The first-order valence-corrected chi connectivity index (χ1v) is 20.5. The van der Waals surface area contributed by atoms with Gasteiger partial charge in [0.05, 0.1) is 0 Å². The highest BCUT2D eigenvalue weighted by molar-refractivity contribution is 6.06. The van der Waals surface area contributed by atoms with Gasteiger partial charge in [0.2, 0.25) is 0 Å². The Hall–Kier alpha value is -6.18. The SMILES string of the molecule is CC1(C)c2ccccc2-c2ccc(N(c3ccc(-c4cccc(C5CCCCC5)c4)cc3)c3ccc(-c4cccc5cccc(-c6ccccc6)c45)cc3)cc21. The second kappa shape index (κ2) is 14.2. The number of nitrogens with zero attached hydrogens (tertiary/aromatic N) is 1. The molecule has 0 aliphatic heterocycles. The van der Waals surface area contributed by atoms with E-state index in [4.69, 9.17) is 0 Å². The molecule has 1 heteroatoms. The van der Waals surface area contributed by atoms with Crippen LogP contribution in [0.15, 0.2) is 182 Å². The number of hydrogen-bond donors (Lipinski definition) is 0. The van der Waals surface area contributed by atoms with Crippen molar-refractivity contribution in [2.24, 2.45) is 0 Å². The molecule has 0 amide bonds. The molecule has 2 aliphatic carbocycles. The molecule has 0 radical (unpaired) electrons. The number of hydrogen-bond acceptors (Lipinski definition) is 1. The summed E-state index contributed by atoms with van der Waals surface area (Å²) < 4.78 is 0. The molecule has 0 bridgehead atoms. The molecule has 272 valence electrons. The lowest BCUT2D eigenvalue weighted by atomic mass is 9.82. The van der Waals surface area contributed by atoms with Gasteiger partial charge in [-0.25, -0.2) is 0 Å². The quantitative estimate of drug-likeness (QED) is 0.158. The average molecular weight is 722 g/mol. The molecule has 0 N–H and O–H groups in total. The minimum absolute atomic E-state index is 0.0878. The zero-order chi connectivity index (χ0) is 37.6. The van der Waals surface area contributed by atoms with Crippen molar-refractivity contribution < 1.29 is 0 Å². The molecule has 0 heterocycles. The summed E-state index contributed by atoms with van der Waals surface area (Å²) in [6.07, 6.45) is 6.71. The van der Waals surface area contributed by atoms with Crippen LogP contribution in [0, 0.1) is 0 Å². The fourth-order valence-corrected chi connectivity index (χ4v) is 9.72. The highest BCUT2D eigenvalue weighted by Gasteiger charge is 2.35. The highest BCUT2D eigenvalue weighted by atomic mass is 15.1. The Bertz CT molecular complexity index is 2670. The van der Waals surface area contributed by atoms with Gasteiger partial charge in [0.15, 0.2) is 0 Å². The summed E-state index contributed by atoms with van der Waals surface area (Å²) in [6, 6.07) is 67.8. The van der Waals surface area contributed by atoms with E-state index < -0.39 is 0 Å². The fourth-order valence-electron chi connectivity index (χ4n) is 9.72. The van der Waals surface area contributed by atoms with Crippen molar-refractivity contribution in [1.29, 1.82) is 0 Å². The van der Waals surface area contributed by atoms with Crippen LogP contribution in [0.4, 0.5) is 17.1 Å². The lowest BCUT2D eigenvalue weighted by Crippen LogP contribution is -2.16. The van der Waals surface area contributed by atoms with E-state index in [0.717, 1.165) is 11.4 Å². The third-order valence-electron chi connectivity index (χ3n) is 12.7. The van der Waals surface area contributed by atoms with Crippen molar-refractivity contribution in [3.8, 4) is 44.5 Å². The predicted octanol–water partition coefficient (Wildman–Crippen LogP) is 15.7. The Labute approximate surface area is 331 Å². The largest absolute Gasteiger partial charge is 0.310 e. The third kappa shape index (κ3) is 6.03.